The van der Waals surface area contributed by atoms with E-state index in [2.05, 4.69) is 0 Å². The van der Waals surface area contributed by atoms with Crippen molar-refractivity contribution in [2.75, 3.05) is 0 Å². The van der Waals surface area contributed by atoms with Crippen molar-refractivity contribution in [3.8, 4) is 0 Å². The number of ether oxygens (including phenoxy) is 3. The fourth-order valence-electron chi connectivity index (χ4n) is 4.23. The van der Waals surface area contributed by atoms with Crippen LogP contribution in [0.2, 0.25) is 0 Å². The van der Waals surface area contributed by atoms with Crippen molar-refractivity contribution in [1.29, 1.82) is 0 Å². The summed E-state index contributed by atoms with van der Waals surface area (Å²) in [5.41, 5.74) is -1.94. The summed E-state index contributed by atoms with van der Waals surface area (Å²) in [5.74, 6) is -2.20. The molecule has 0 heterocycles. The lowest BCUT2D eigenvalue weighted by atomic mass is 9.90. The molecule has 0 amide bonds. The Kier molecular flexibility index (Phi) is 7.74. The van der Waals surface area contributed by atoms with E-state index in [4.69, 9.17) is 14.2 Å². The molecular formula is C23H38O6. The van der Waals surface area contributed by atoms with Crippen molar-refractivity contribution in [1.82, 2.24) is 0 Å². The normalized spacial score (nSPS) is 20.5. The van der Waals surface area contributed by atoms with E-state index in [0.29, 0.717) is 19.3 Å². The van der Waals surface area contributed by atoms with Gasteiger partial charge in [0, 0.05) is 0 Å². The highest BCUT2D eigenvalue weighted by Gasteiger charge is 2.46. The number of hydrogen-bond donors (Lipinski definition) is 0. The maximum Gasteiger partial charge on any atom is 0.359 e. The van der Waals surface area contributed by atoms with Gasteiger partial charge in [-0.2, -0.15) is 0 Å². The van der Waals surface area contributed by atoms with Crippen LogP contribution in [-0.2, 0) is 28.6 Å². The highest BCUT2D eigenvalue weighted by Crippen LogP contribution is 2.38. The van der Waals surface area contributed by atoms with Crippen LogP contribution in [0, 0.1) is 5.41 Å². The first-order valence-electron chi connectivity index (χ1n) is 11.3. The van der Waals surface area contributed by atoms with Gasteiger partial charge in [0.05, 0.1) is 5.41 Å². The zero-order chi connectivity index (χ0) is 21.7. The van der Waals surface area contributed by atoms with E-state index in [1.54, 1.807) is 13.8 Å². The molecule has 0 atom stereocenters. The quantitative estimate of drug-likeness (QED) is 0.307. The molecule has 0 N–H and O–H groups in total. The van der Waals surface area contributed by atoms with E-state index in [1.165, 1.54) is 0 Å². The number of rotatable bonds is 9. The van der Waals surface area contributed by atoms with Gasteiger partial charge in [-0.15, -0.1) is 0 Å². The molecule has 0 aromatic heterocycles. The zero-order valence-corrected chi connectivity index (χ0v) is 18.8. The number of carbonyl (C=O) groups is 3. The third-order valence-corrected chi connectivity index (χ3v) is 7.04. The molecule has 2 saturated carbocycles. The van der Waals surface area contributed by atoms with Crippen molar-refractivity contribution in [2.45, 2.75) is 123 Å². The summed E-state index contributed by atoms with van der Waals surface area (Å²) < 4.78 is 17.0. The molecule has 2 aliphatic rings. The molecule has 0 aromatic rings. The largest absolute Gasteiger partial charge is 0.456 e. The molecule has 0 unspecified atom stereocenters. The van der Waals surface area contributed by atoms with Crippen molar-refractivity contribution in [2.24, 2.45) is 5.41 Å². The average molecular weight is 411 g/mol. The van der Waals surface area contributed by atoms with Gasteiger partial charge < -0.3 is 14.2 Å². The summed E-state index contributed by atoms with van der Waals surface area (Å²) in [6.45, 7) is 9.28. The van der Waals surface area contributed by atoms with Gasteiger partial charge in [-0.1, -0.05) is 20.8 Å². The van der Waals surface area contributed by atoms with Crippen LogP contribution < -0.4 is 0 Å². The molecule has 2 fully saturated rings. The summed E-state index contributed by atoms with van der Waals surface area (Å²) in [6, 6.07) is 0. The van der Waals surface area contributed by atoms with Crippen LogP contribution in [0.3, 0.4) is 0 Å². The Morgan fingerprint density at radius 1 is 0.793 bits per heavy atom. The molecule has 0 aromatic carbocycles. The minimum atomic E-state index is -1.67. The fraction of sp³-hybridized carbons (Fsp3) is 0.870. The van der Waals surface area contributed by atoms with Gasteiger partial charge in [-0.05, 0) is 84.5 Å². The standard InChI is InChI=1S/C23H38O6/c1-6-21(4,5)20(26)27-17(18(24)28-22(7-2)13-9-10-14-22)19(25)29-23(8-3)15-11-12-16-23/h17H,6-16H2,1-5H3. The first-order chi connectivity index (χ1) is 13.6. The summed E-state index contributed by atoms with van der Waals surface area (Å²) in [6.07, 6.45) is 7.22. The van der Waals surface area contributed by atoms with Crippen molar-refractivity contribution < 1.29 is 28.6 Å². The van der Waals surface area contributed by atoms with Crippen LogP contribution in [-0.4, -0.2) is 35.2 Å². The molecule has 2 rings (SSSR count). The van der Waals surface area contributed by atoms with E-state index in [1.807, 2.05) is 20.8 Å². The predicted octanol–water partition coefficient (Wildman–Crippen LogP) is 4.87. The molecule has 166 valence electrons. The van der Waals surface area contributed by atoms with Gasteiger partial charge in [-0.3, -0.25) is 4.79 Å². The summed E-state index contributed by atoms with van der Waals surface area (Å²) in [5, 5.41) is 0. The topological polar surface area (TPSA) is 78.9 Å². The van der Waals surface area contributed by atoms with Crippen LogP contribution >= 0.6 is 0 Å². The van der Waals surface area contributed by atoms with Gasteiger partial charge in [0.15, 0.2) is 0 Å². The van der Waals surface area contributed by atoms with Crippen LogP contribution in [0.1, 0.15) is 105 Å². The number of hydrogen-bond acceptors (Lipinski definition) is 6. The second-order valence-electron chi connectivity index (χ2n) is 9.35. The Hall–Kier alpha value is -1.59. The average Bonchev–Trinajstić information content (AvgIpc) is 3.36. The molecule has 0 aliphatic heterocycles. The minimum Gasteiger partial charge on any atom is -0.456 e. The minimum absolute atomic E-state index is 0.528. The van der Waals surface area contributed by atoms with Gasteiger partial charge in [-0.25, -0.2) is 9.59 Å². The smallest absolute Gasteiger partial charge is 0.359 e. The third-order valence-electron chi connectivity index (χ3n) is 7.04. The lowest BCUT2D eigenvalue weighted by Gasteiger charge is -2.32. The molecule has 2 aliphatic carbocycles. The van der Waals surface area contributed by atoms with Crippen molar-refractivity contribution in [3.63, 3.8) is 0 Å². The van der Waals surface area contributed by atoms with Crippen LogP contribution in [0.4, 0.5) is 0 Å². The predicted molar refractivity (Wildman–Crippen MR) is 109 cm³/mol. The molecule has 29 heavy (non-hydrogen) atoms. The highest BCUT2D eigenvalue weighted by molar-refractivity contribution is 6.00. The maximum absolute atomic E-state index is 13.0. The third kappa shape index (κ3) is 5.52. The van der Waals surface area contributed by atoms with Crippen LogP contribution in [0.25, 0.3) is 0 Å². The molecule has 6 heteroatoms. The molecule has 0 saturated heterocycles. The molecule has 0 radical (unpaired) electrons. The second kappa shape index (κ2) is 9.48. The van der Waals surface area contributed by atoms with Crippen LogP contribution in [0.5, 0.6) is 0 Å². The first-order valence-corrected chi connectivity index (χ1v) is 11.3. The maximum atomic E-state index is 13.0. The highest BCUT2D eigenvalue weighted by atomic mass is 16.6. The number of esters is 3. The fourth-order valence-corrected chi connectivity index (χ4v) is 4.23. The van der Waals surface area contributed by atoms with Crippen molar-refractivity contribution in [3.05, 3.63) is 0 Å². The molecule has 0 bridgehead atoms. The van der Waals surface area contributed by atoms with Crippen LogP contribution in [0.15, 0.2) is 0 Å². The van der Waals surface area contributed by atoms with E-state index in [-0.39, 0.29) is 0 Å². The number of carbonyl (C=O) groups excluding carboxylic acids is 3. The Morgan fingerprint density at radius 3 is 1.48 bits per heavy atom. The van der Waals surface area contributed by atoms with E-state index in [0.717, 1.165) is 51.4 Å². The molecule has 0 spiro atoms. The van der Waals surface area contributed by atoms with E-state index >= 15 is 0 Å². The lowest BCUT2D eigenvalue weighted by Crippen LogP contribution is -2.47. The Bertz CT molecular complexity index is 558. The van der Waals surface area contributed by atoms with Gasteiger partial charge in [0.25, 0.3) is 6.10 Å². The second-order valence-corrected chi connectivity index (χ2v) is 9.35. The first kappa shape index (κ1) is 23.7. The lowest BCUT2D eigenvalue weighted by molar-refractivity contribution is -0.197. The summed E-state index contributed by atoms with van der Waals surface area (Å²) in [4.78, 5) is 38.7. The Balaban J connectivity index is 2.21. The van der Waals surface area contributed by atoms with Crippen molar-refractivity contribution >= 4 is 17.9 Å². The Morgan fingerprint density at radius 2 is 1.17 bits per heavy atom. The SMILES string of the molecule is CCC1(OC(=O)C(OC(=O)C(C)(C)CC)C(=O)OC2(CC)CCCC2)CCCC1. The zero-order valence-electron chi connectivity index (χ0n) is 18.8. The van der Waals surface area contributed by atoms with Gasteiger partial charge in [0.1, 0.15) is 11.2 Å². The molecular weight excluding hydrogens is 372 g/mol. The summed E-state index contributed by atoms with van der Waals surface area (Å²) in [7, 11) is 0. The monoisotopic (exact) mass is 410 g/mol. The van der Waals surface area contributed by atoms with Gasteiger partial charge in [0.2, 0.25) is 0 Å². The van der Waals surface area contributed by atoms with E-state index < -0.39 is 40.6 Å². The summed E-state index contributed by atoms with van der Waals surface area (Å²) >= 11 is 0. The van der Waals surface area contributed by atoms with E-state index in [9.17, 15) is 14.4 Å². The van der Waals surface area contributed by atoms with Gasteiger partial charge >= 0.3 is 17.9 Å². The molecule has 6 nitrogen and oxygen atoms in total. The Labute approximate surface area is 175 Å².